The second-order valence-electron chi connectivity index (χ2n) is 7.09. The Labute approximate surface area is 146 Å². The summed E-state index contributed by atoms with van der Waals surface area (Å²) in [7, 11) is 0. The predicted octanol–water partition coefficient (Wildman–Crippen LogP) is 4.80. The first kappa shape index (κ1) is 18.5. The average Bonchev–Trinajstić information content (AvgIpc) is 2.58. The molecule has 0 saturated heterocycles. The van der Waals surface area contributed by atoms with Crippen LogP contribution in [0.2, 0.25) is 0 Å². The van der Waals surface area contributed by atoms with Gasteiger partial charge in [0.1, 0.15) is 0 Å². The predicted molar refractivity (Wildman–Crippen MR) is 98.5 cm³/mol. The Kier molecular flexibility index (Phi) is 7.58. The molecule has 2 aliphatic rings. The van der Waals surface area contributed by atoms with Crippen LogP contribution in [0.1, 0.15) is 67.3 Å². The molecule has 1 atom stereocenters. The normalized spacial score (nSPS) is 21.6. The Morgan fingerprint density at radius 3 is 2.52 bits per heavy atom. The SMILES string of the molecule is Cl.O=C1c2ccccc2CCC1CCNCCC1CCCCC1. The number of halogens is 1. The second-order valence-corrected chi connectivity index (χ2v) is 7.09. The van der Waals surface area contributed by atoms with Crippen LogP contribution in [-0.2, 0) is 6.42 Å². The van der Waals surface area contributed by atoms with E-state index in [1.54, 1.807) is 0 Å². The summed E-state index contributed by atoms with van der Waals surface area (Å²) in [6.45, 7) is 2.12. The third kappa shape index (κ3) is 5.06. The number of benzene rings is 1. The number of Topliss-reactive ketones (excluding diaryl/α,β-unsaturated/α-hetero) is 1. The van der Waals surface area contributed by atoms with Gasteiger partial charge in [-0.05, 0) is 50.3 Å². The van der Waals surface area contributed by atoms with Gasteiger partial charge in [-0.25, -0.2) is 0 Å². The minimum atomic E-state index is 0. The summed E-state index contributed by atoms with van der Waals surface area (Å²) >= 11 is 0. The van der Waals surface area contributed by atoms with E-state index < -0.39 is 0 Å². The highest BCUT2D eigenvalue weighted by atomic mass is 35.5. The monoisotopic (exact) mass is 335 g/mol. The largest absolute Gasteiger partial charge is 0.317 e. The van der Waals surface area contributed by atoms with Crippen LogP contribution in [-0.4, -0.2) is 18.9 Å². The van der Waals surface area contributed by atoms with E-state index in [2.05, 4.69) is 11.4 Å². The van der Waals surface area contributed by atoms with Crippen LogP contribution < -0.4 is 5.32 Å². The minimum Gasteiger partial charge on any atom is -0.317 e. The lowest BCUT2D eigenvalue weighted by Crippen LogP contribution is -2.27. The van der Waals surface area contributed by atoms with Crippen molar-refractivity contribution in [3.8, 4) is 0 Å². The number of carbonyl (C=O) groups is 1. The van der Waals surface area contributed by atoms with Gasteiger partial charge in [0.05, 0.1) is 0 Å². The smallest absolute Gasteiger partial charge is 0.166 e. The first-order chi connectivity index (χ1) is 10.8. The van der Waals surface area contributed by atoms with Crippen molar-refractivity contribution in [1.82, 2.24) is 5.32 Å². The molecule has 1 aromatic carbocycles. The lowest BCUT2D eigenvalue weighted by molar-refractivity contribution is 0.0894. The lowest BCUT2D eigenvalue weighted by Gasteiger charge is -2.24. The molecule has 1 unspecified atom stereocenters. The van der Waals surface area contributed by atoms with Crippen molar-refractivity contribution < 1.29 is 4.79 Å². The summed E-state index contributed by atoms with van der Waals surface area (Å²) in [5.41, 5.74) is 2.22. The number of hydrogen-bond acceptors (Lipinski definition) is 2. The average molecular weight is 336 g/mol. The molecular formula is C20H30ClNO. The van der Waals surface area contributed by atoms with Crippen LogP contribution in [0.3, 0.4) is 0 Å². The first-order valence-corrected chi connectivity index (χ1v) is 9.17. The van der Waals surface area contributed by atoms with Crippen LogP contribution >= 0.6 is 12.4 Å². The zero-order valence-corrected chi connectivity index (χ0v) is 14.9. The molecule has 0 radical (unpaired) electrons. The van der Waals surface area contributed by atoms with Crippen LogP contribution in [0.5, 0.6) is 0 Å². The van der Waals surface area contributed by atoms with Crippen molar-refractivity contribution in [2.24, 2.45) is 11.8 Å². The maximum absolute atomic E-state index is 12.5. The van der Waals surface area contributed by atoms with Gasteiger partial charge in [-0.2, -0.15) is 0 Å². The molecular weight excluding hydrogens is 306 g/mol. The third-order valence-corrected chi connectivity index (χ3v) is 5.54. The van der Waals surface area contributed by atoms with Crippen molar-refractivity contribution in [3.63, 3.8) is 0 Å². The van der Waals surface area contributed by atoms with Crippen LogP contribution in [0.25, 0.3) is 0 Å². The van der Waals surface area contributed by atoms with E-state index in [4.69, 9.17) is 0 Å². The van der Waals surface area contributed by atoms with Crippen LogP contribution in [0.15, 0.2) is 24.3 Å². The number of fused-ring (bicyclic) bond motifs is 1. The molecule has 0 bridgehead atoms. The van der Waals surface area contributed by atoms with Gasteiger partial charge < -0.3 is 5.32 Å². The van der Waals surface area contributed by atoms with Crippen LogP contribution in [0, 0.1) is 11.8 Å². The molecule has 0 aromatic heterocycles. The number of rotatable bonds is 6. The second kappa shape index (κ2) is 9.44. The summed E-state index contributed by atoms with van der Waals surface area (Å²) in [5, 5.41) is 3.57. The van der Waals surface area contributed by atoms with E-state index >= 15 is 0 Å². The van der Waals surface area contributed by atoms with Crippen molar-refractivity contribution in [3.05, 3.63) is 35.4 Å². The maximum atomic E-state index is 12.5. The minimum absolute atomic E-state index is 0. The molecule has 0 amide bonds. The Bertz CT molecular complexity index is 496. The number of hydrogen-bond donors (Lipinski definition) is 1. The zero-order chi connectivity index (χ0) is 15.2. The molecule has 0 aliphatic heterocycles. The number of ketones is 1. The van der Waals surface area contributed by atoms with Gasteiger partial charge in [0, 0.05) is 11.5 Å². The molecule has 3 rings (SSSR count). The van der Waals surface area contributed by atoms with Gasteiger partial charge in [0.2, 0.25) is 0 Å². The summed E-state index contributed by atoms with van der Waals surface area (Å²) in [6, 6.07) is 8.13. The van der Waals surface area contributed by atoms with E-state index in [1.807, 2.05) is 18.2 Å². The molecule has 1 saturated carbocycles. The fourth-order valence-corrected chi connectivity index (χ4v) is 4.12. The van der Waals surface area contributed by atoms with E-state index in [0.29, 0.717) is 5.78 Å². The topological polar surface area (TPSA) is 29.1 Å². The number of carbonyl (C=O) groups excluding carboxylic acids is 1. The van der Waals surface area contributed by atoms with Crippen molar-refractivity contribution in [2.45, 2.75) is 57.8 Å². The highest BCUT2D eigenvalue weighted by Gasteiger charge is 2.26. The Hall–Kier alpha value is -0.860. The fraction of sp³-hybridized carbons (Fsp3) is 0.650. The van der Waals surface area contributed by atoms with Gasteiger partial charge in [0.25, 0.3) is 0 Å². The molecule has 1 fully saturated rings. The molecule has 128 valence electrons. The maximum Gasteiger partial charge on any atom is 0.166 e. The third-order valence-electron chi connectivity index (χ3n) is 5.54. The summed E-state index contributed by atoms with van der Waals surface area (Å²) in [6.07, 6.45) is 11.6. The van der Waals surface area contributed by atoms with Gasteiger partial charge in [-0.1, -0.05) is 56.4 Å². The summed E-state index contributed by atoms with van der Waals surface area (Å²) in [5.74, 6) is 1.55. The number of aryl methyl sites for hydroxylation is 1. The molecule has 0 spiro atoms. The first-order valence-electron chi connectivity index (χ1n) is 9.17. The van der Waals surface area contributed by atoms with E-state index in [1.165, 1.54) is 44.1 Å². The molecule has 1 N–H and O–H groups in total. The molecule has 0 heterocycles. The Balaban J connectivity index is 0.00000192. The van der Waals surface area contributed by atoms with E-state index in [-0.39, 0.29) is 18.3 Å². The van der Waals surface area contributed by atoms with Crippen LogP contribution in [0.4, 0.5) is 0 Å². The molecule has 3 heteroatoms. The van der Waals surface area contributed by atoms with Gasteiger partial charge in [0.15, 0.2) is 5.78 Å². The highest BCUT2D eigenvalue weighted by Crippen LogP contribution is 2.27. The van der Waals surface area contributed by atoms with Crippen molar-refractivity contribution in [2.75, 3.05) is 13.1 Å². The van der Waals surface area contributed by atoms with E-state index in [0.717, 1.165) is 43.8 Å². The summed E-state index contributed by atoms with van der Waals surface area (Å²) < 4.78 is 0. The van der Waals surface area contributed by atoms with Gasteiger partial charge >= 0.3 is 0 Å². The van der Waals surface area contributed by atoms with Gasteiger partial charge in [-0.15, -0.1) is 12.4 Å². The zero-order valence-electron chi connectivity index (χ0n) is 14.1. The Morgan fingerprint density at radius 2 is 1.70 bits per heavy atom. The van der Waals surface area contributed by atoms with Crippen molar-refractivity contribution >= 4 is 18.2 Å². The lowest BCUT2D eigenvalue weighted by atomic mass is 9.81. The molecule has 2 aliphatic carbocycles. The quantitative estimate of drug-likeness (QED) is 0.756. The van der Waals surface area contributed by atoms with E-state index in [9.17, 15) is 4.79 Å². The number of nitrogens with one attached hydrogen (secondary N) is 1. The molecule has 1 aromatic rings. The fourth-order valence-electron chi connectivity index (χ4n) is 4.12. The highest BCUT2D eigenvalue weighted by molar-refractivity contribution is 6.00. The standard InChI is InChI=1S/C20H29NO.ClH/c22-20-18(11-10-17-8-4-5-9-19(17)20)13-15-21-14-12-16-6-2-1-3-7-16;/h4-5,8-9,16,18,21H,1-3,6-7,10-15H2;1H. The van der Waals surface area contributed by atoms with Gasteiger partial charge in [-0.3, -0.25) is 4.79 Å². The van der Waals surface area contributed by atoms with Crippen molar-refractivity contribution in [1.29, 1.82) is 0 Å². The molecule has 2 nitrogen and oxygen atoms in total. The Morgan fingerprint density at radius 1 is 0.957 bits per heavy atom. The molecule has 23 heavy (non-hydrogen) atoms. The summed E-state index contributed by atoms with van der Waals surface area (Å²) in [4.78, 5) is 12.5.